The summed E-state index contributed by atoms with van der Waals surface area (Å²) in [5, 5.41) is 20.3. The number of nitrogens with one attached hydrogen (secondary N) is 1. The van der Waals surface area contributed by atoms with Crippen LogP contribution in [0.25, 0.3) is 0 Å². The molecule has 1 aromatic carbocycles. The molecule has 1 rings (SSSR count). The van der Waals surface area contributed by atoms with E-state index in [2.05, 4.69) is 10.1 Å². The van der Waals surface area contributed by atoms with Gasteiger partial charge in [-0.05, 0) is 18.2 Å². The van der Waals surface area contributed by atoms with Crippen molar-refractivity contribution in [2.75, 3.05) is 18.5 Å². The van der Waals surface area contributed by atoms with Gasteiger partial charge in [-0.3, -0.25) is 4.79 Å². The molecule has 0 aliphatic carbocycles. The molecule has 9 heteroatoms. The summed E-state index contributed by atoms with van der Waals surface area (Å²) < 4.78 is 39.6. The lowest BCUT2D eigenvalue weighted by molar-refractivity contribution is -0.174. The molecule has 0 aromatic heterocycles. The van der Waals surface area contributed by atoms with Gasteiger partial charge in [0.2, 0.25) is 5.91 Å². The second-order valence-corrected chi connectivity index (χ2v) is 4.00. The Kier molecular flexibility index (Phi) is 5.53. The number of halogens is 3. The molecule has 1 aromatic rings. The van der Waals surface area contributed by atoms with E-state index in [1.807, 2.05) is 0 Å². The standard InChI is InChI=1S/C12H12F3NO5/c13-12(14,15)6-21-4-3-10(18)16-7-1-2-9(17)8(5-7)11(19)20/h1-2,5,17H,3-4,6H2,(H,16,18)(H,19,20). The fraction of sp³-hybridized carbons (Fsp3) is 0.333. The molecule has 0 aliphatic rings. The highest BCUT2D eigenvalue weighted by molar-refractivity contribution is 5.95. The maximum atomic E-state index is 11.8. The quantitative estimate of drug-likeness (QED) is 0.552. The molecule has 0 saturated carbocycles. The zero-order valence-electron chi connectivity index (χ0n) is 10.6. The third-order valence-corrected chi connectivity index (χ3v) is 2.25. The SMILES string of the molecule is O=C(CCOCC(F)(F)F)Nc1ccc(O)c(C(=O)O)c1. The number of anilines is 1. The van der Waals surface area contributed by atoms with Crippen LogP contribution >= 0.6 is 0 Å². The third kappa shape index (κ3) is 6.13. The number of alkyl halides is 3. The van der Waals surface area contributed by atoms with Crippen LogP contribution in [0.3, 0.4) is 0 Å². The van der Waals surface area contributed by atoms with Crippen LogP contribution in [0.15, 0.2) is 18.2 Å². The molecular formula is C12H12F3NO5. The first-order chi connectivity index (χ1) is 9.69. The Bertz CT molecular complexity index is 530. The van der Waals surface area contributed by atoms with Crippen molar-refractivity contribution in [3.8, 4) is 5.75 Å². The Hall–Kier alpha value is -2.29. The predicted octanol–water partition coefficient (Wildman–Crippen LogP) is 2.00. The van der Waals surface area contributed by atoms with Crippen LogP contribution in [-0.2, 0) is 9.53 Å². The molecule has 6 nitrogen and oxygen atoms in total. The van der Waals surface area contributed by atoms with E-state index >= 15 is 0 Å². The summed E-state index contributed by atoms with van der Waals surface area (Å²) in [5.74, 6) is -2.48. The number of ether oxygens (including phenoxy) is 1. The monoisotopic (exact) mass is 307 g/mol. The van der Waals surface area contributed by atoms with Gasteiger partial charge in [-0.15, -0.1) is 0 Å². The lowest BCUT2D eigenvalue weighted by atomic mass is 10.2. The van der Waals surface area contributed by atoms with E-state index in [0.717, 1.165) is 12.1 Å². The first-order valence-electron chi connectivity index (χ1n) is 5.69. The third-order valence-electron chi connectivity index (χ3n) is 2.25. The minimum Gasteiger partial charge on any atom is -0.507 e. The molecule has 0 saturated heterocycles. The summed E-state index contributed by atoms with van der Waals surface area (Å²) in [6.45, 7) is -1.86. The smallest absolute Gasteiger partial charge is 0.411 e. The number of hydrogen-bond acceptors (Lipinski definition) is 4. The Labute approximate surface area is 117 Å². The average molecular weight is 307 g/mol. The van der Waals surface area contributed by atoms with Gasteiger partial charge in [0, 0.05) is 5.69 Å². The van der Waals surface area contributed by atoms with Crippen molar-refractivity contribution >= 4 is 17.6 Å². The number of rotatable bonds is 6. The second kappa shape index (κ2) is 6.93. The molecule has 0 fully saturated rings. The molecule has 0 heterocycles. The van der Waals surface area contributed by atoms with E-state index in [-0.39, 0.29) is 12.1 Å². The van der Waals surface area contributed by atoms with Crippen molar-refractivity contribution < 1.29 is 37.7 Å². The molecule has 0 bridgehead atoms. The molecule has 0 atom stereocenters. The Morgan fingerprint density at radius 1 is 1.29 bits per heavy atom. The second-order valence-electron chi connectivity index (χ2n) is 4.00. The van der Waals surface area contributed by atoms with Gasteiger partial charge in [-0.25, -0.2) is 4.79 Å². The van der Waals surface area contributed by atoms with Crippen molar-refractivity contribution in [2.24, 2.45) is 0 Å². The van der Waals surface area contributed by atoms with Gasteiger partial charge in [0.1, 0.15) is 17.9 Å². The molecule has 0 radical (unpaired) electrons. The van der Waals surface area contributed by atoms with Gasteiger partial charge in [0.15, 0.2) is 0 Å². The number of carbonyl (C=O) groups is 2. The first-order valence-corrected chi connectivity index (χ1v) is 5.69. The van der Waals surface area contributed by atoms with Crippen LogP contribution < -0.4 is 5.32 Å². The normalized spacial score (nSPS) is 11.2. The van der Waals surface area contributed by atoms with Crippen LogP contribution in [0.2, 0.25) is 0 Å². The summed E-state index contributed by atoms with van der Waals surface area (Å²) in [6, 6.07) is 3.38. The van der Waals surface area contributed by atoms with Gasteiger partial charge in [0.05, 0.1) is 13.0 Å². The number of hydrogen-bond donors (Lipinski definition) is 3. The Morgan fingerprint density at radius 3 is 2.52 bits per heavy atom. The van der Waals surface area contributed by atoms with Crippen molar-refractivity contribution in [2.45, 2.75) is 12.6 Å². The zero-order chi connectivity index (χ0) is 16.0. The van der Waals surface area contributed by atoms with Gasteiger partial charge in [-0.2, -0.15) is 13.2 Å². The average Bonchev–Trinajstić information content (AvgIpc) is 2.35. The molecule has 3 N–H and O–H groups in total. The molecule has 0 aliphatic heterocycles. The first kappa shape index (κ1) is 16.8. The Morgan fingerprint density at radius 2 is 1.95 bits per heavy atom. The van der Waals surface area contributed by atoms with Crippen LogP contribution in [0.4, 0.5) is 18.9 Å². The van der Waals surface area contributed by atoms with E-state index in [4.69, 9.17) is 5.11 Å². The number of amides is 1. The van der Waals surface area contributed by atoms with Crippen molar-refractivity contribution in [1.29, 1.82) is 0 Å². The number of aromatic carboxylic acids is 1. The van der Waals surface area contributed by atoms with Crippen LogP contribution in [0.5, 0.6) is 5.75 Å². The molecule has 21 heavy (non-hydrogen) atoms. The predicted molar refractivity (Wildman–Crippen MR) is 65.2 cm³/mol. The lowest BCUT2D eigenvalue weighted by Crippen LogP contribution is -2.20. The van der Waals surface area contributed by atoms with E-state index in [0.29, 0.717) is 0 Å². The van der Waals surface area contributed by atoms with Crippen molar-refractivity contribution in [1.82, 2.24) is 0 Å². The van der Waals surface area contributed by atoms with E-state index in [1.54, 1.807) is 0 Å². The number of carbonyl (C=O) groups excluding carboxylic acids is 1. The highest BCUT2D eigenvalue weighted by atomic mass is 19.4. The minimum atomic E-state index is -4.45. The molecule has 116 valence electrons. The maximum Gasteiger partial charge on any atom is 0.411 e. The molecular weight excluding hydrogens is 295 g/mol. The summed E-state index contributed by atoms with van der Waals surface area (Å²) in [5.41, 5.74) is -0.299. The minimum absolute atomic E-state index is 0.103. The lowest BCUT2D eigenvalue weighted by Gasteiger charge is -2.09. The van der Waals surface area contributed by atoms with E-state index in [1.165, 1.54) is 6.07 Å². The van der Waals surface area contributed by atoms with Gasteiger partial charge < -0.3 is 20.3 Å². The number of benzene rings is 1. The van der Waals surface area contributed by atoms with E-state index in [9.17, 15) is 27.9 Å². The number of phenols is 1. The zero-order valence-corrected chi connectivity index (χ0v) is 10.6. The molecule has 0 spiro atoms. The largest absolute Gasteiger partial charge is 0.507 e. The summed E-state index contributed by atoms with van der Waals surface area (Å²) in [6.07, 6.45) is -4.77. The van der Waals surface area contributed by atoms with Crippen LogP contribution in [0, 0.1) is 0 Å². The van der Waals surface area contributed by atoms with Gasteiger partial charge >= 0.3 is 12.1 Å². The Balaban J connectivity index is 2.48. The maximum absolute atomic E-state index is 11.8. The fourth-order valence-corrected chi connectivity index (χ4v) is 1.36. The topological polar surface area (TPSA) is 95.9 Å². The van der Waals surface area contributed by atoms with Crippen molar-refractivity contribution in [3.63, 3.8) is 0 Å². The summed E-state index contributed by atoms with van der Waals surface area (Å²) >= 11 is 0. The summed E-state index contributed by atoms with van der Waals surface area (Å²) in [7, 11) is 0. The van der Waals surface area contributed by atoms with E-state index < -0.39 is 42.6 Å². The number of aromatic hydroxyl groups is 1. The van der Waals surface area contributed by atoms with Crippen LogP contribution in [-0.4, -0.2) is 41.5 Å². The van der Waals surface area contributed by atoms with Gasteiger partial charge in [0.25, 0.3) is 0 Å². The van der Waals surface area contributed by atoms with Crippen molar-refractivity contribution in [3.05, 3.63) is 23.8 Å². The van der Waals surface area contributed by atoms with Gasteiger partial charge in [-0.1, -0.05) is 0 Å². The van der Waals surface area contributed by atoms with Crippen LogP contribution in [0.1, 0.15) is 16.8 Å². The number of carboxylic acid groups (broad SMARTS) is 1. The highest BCUT2D eigenvalue weighted by Gasteiger charge is 2.27. The summed E-state index contributed by atoms with van der Waals surface area (Å²) in [4.78, 5) is 22.2. The number of carboxylic acids is 1. The fourth-order valence-electron chi connectivity index (χ4n) is 1.36. The molecule has 1 amide bonds. The molecule has 0 unspecified atom stereocenters. The highest BCUT2D eigenvalue weighted by Crippen LogP contribution is 2.21.